The van der Waals surface area contributed by atoms with E-state index >= 15 is 0 Å². The fourth-order valence-corrected chi connectivity index (χ4v) is 2.20. The topological polar surface area (TPSA) is 33.1 Å². The van der Waals surface area contributed by atoms with Crippen LogP contribution in [0.5, 0.6) is 0 Å². The molecule has 0 saturated heterocycles. The van der Waals surface area contributed by atoms with Gasteiger partial charge in [0.25, 0.3) is 0 Å². The summed E-state index contributed by atoms with van der Waals surface area (Å²) >= 11 is 0. The summed E-state index contributed by atoms with van der Waals surface area (Å²) in [5.74, 6) is 0. The molecule has 0 aliphatic heterocycles. The smallest absolute Gasteiger partial charge is 0.0836 e. The zero-order valence-corrected chi connectivity index (χ0v) is 10.2. The third-order valence-corrected chi connectivity index (χ3v) is 3.03. The summed E-state index contributed by atoms with van der Waals surface area (Å²) in [6.45, 7) is 4.07. The van der Waals surface area contributed by atoms with Crippen molar-refractivity contribution in [1.82, 2.24) is 4.98 Å². The lowest BCUT2D eigenvalue weighted by Gasteiger charge is -2.16. The number of rotatable bonds is 3. The standard InChI is InChI=1S/C15H17NO/c1-11-5-3-6-12(2)15(11)14(17)9-13-7-4-8-16-10-13/h3-8,10,14,17H,9H2,1-2H3. The van der Waals surface area contributed by atoms with Gasteiger partial charge in [-0.05, 0) is 42.2 Å². The highest BCUT2D eigenvalue weighted by molar-refractivity contribution is 5.36. The van der Waals surface area contributed by atoms with Crippen LogP contribution in [0.25, 0.3) is 0 Å². The van der Waals surface area contributed by atoms with Crippen molar-refractivity contribution in [3.8, 4) is 0 Å². The molecule has 17 heavy (non-hydrogen) atoms. The van der Waals surface area contributed by atoms with Crippen LogP contribution in [0, 0.1) is 13.8 Å². The van der Waals surface area contributed by atoms with E-state index in [9.17, 15) is 5.11 Å². The summed E-state index contributed by atoms with van der Waals surface area (Å²) < 4.78 is 0. The molecule has 0 aliphatic carbocycles. The lowest BCUT2D eigenvalue weighted by atomic mass is 9.94. The fraction of sp³-hybridized carbons (Fsp3) is 0.267. The van der Waals surface area contributed by atoms with Crippen molar-refractivity contribution < 1.29 is 5.11 Å². The first-order chi connectivity index (χ1) is 8.18. The van der Waals surface area contributed by atoms with Crippen LogP contribution in [0.4, 0.5) is 0 Å². The highest BCUT2D eigenvalue weighted by Crippen LogP contribution is 2.24. The molecule has 1 aromatic heterocycles. The second kappa shape index (κ2) is 5.11. The van der Waals surface area contributed by atoms with Crippen LogP contribution in [0.2, 0.25) is 0 Å². The number of hydrogen-bond acceptors (Lipinski definition) is 2. The van der Waals surface area contributed by atoms with Gasteiger partial charge in [-0.1, -0.05) is 24.3 Å². The Labute approximate surface area is 102 Å². The minimum atomic E-state index is -0.458. The zero-order chi connectivity index (χ0) is 12.3. The summed E-state index contributed by atoms with van der Waals surface area (Å²) in [7, 11) is 0. The van der Waals surface area contributed by atoms with E-state index in [-0.39, 0.29) is 0 Å². The van der Waals surface area contributed by atoms with Crippen molar-refractivity contribution in [1.29, 1.82) is 0 Å². The molecule has 0 aliphatic rings. The quantitative estimate of drug-likeness (QED) is 0.874. The Balaban J connectivity index is 2.23. The van der Waals surface area contributed by atoms with Crippen LogP contribution in [-0.4, -0.2) is 10.1 Å². The Morgan fingerprint density at radius 1 is 1.12 bits per heavy atom. The number of nitrogens with zero attached hydrogens (tertiary/aromatic N) is 1. The molecule has 0 fully saturated rings. The van der Waals surface area contributed by atoms with E-state index in [4.69, 9.17) is 0 Å². The van der Waals surface area contributed by atoms with Crippen LogP contribution >= 0.6 is 0 Å². The van der Waals surface area contributed by atoms with Crippen LogP contribution < -0.4 is 0 Å². The fourth-order valence-electron chi connectivity index (χ4n) is 2.20. The lowest BCUT2D eigenvalue weighted by molar-refractivity contribution is 0.177. The third kappa shape index (κ3) is 2.71. The molecule has 0 bridgehead atoms. The molecule has 1 heterocycles. The first-order valence-corrected chi connectivity index (χ1v) is 5.81. The van der Waals surface area contributed by atoms with E-state index < -0.39 is 6.10 Å². The van der Waals surface area contributed by atoms with Gasteiger partial charge in [0.2, 0.25) is 0 Å². The minimum absolute atomic E-state index is 0.458. The molecule has 0 saturated carbocycles. The maximum absolute atomic E-state index is 10.3. The molecule has 88 valence electrons. The molecular weight excluding hydrogens is 210 g/mol. The van der Waals surface area contributed by atoms with Gasteiger partial charge in [0.1, 0.15) is 0 Å². The number of pyridine rings is 1. The van der Waals surface area contributed by atoms with E-state index in [1.54, 1.807) is 12.4 Å². The number of benzene rings is 1. The Hall–Kier alpha value is -1.67. The lowest BCUT2D eigenvalue weighted by Crippen LogP contribution is -2.06. The second-order valence-corrected chi connectivity index (χ2v) is 4.39. The highest BCUT2D eigenvalue weighted by atomic mass is 16.3. The first-order valence-electron chi connectivity index (χ1n) is 5.81. The SMILES string of the molecule is Cc1cccc(C)c1C(O)Cc1cccnc1. The van der Waals surface area contributed by atoms with Crippen LogP contribution in [0.15, 0.2) is 42.7 Å². The Bertz CT molecular complexity index is 473. The van der Waals surface area contributed by atoms with Crippen molar-refractivity contribution >= 4 is 0 Å². The van der Waals surface area contributed by atoms with E-state index in [0.717, 1.165) is 22.3 Å². The van der Waals surface area contributed by atoms with E-state index in [1.165, 1.54) is 0 Å². The molecule has 1 aromatic carbocycles. The van der Waals surface area contributed by atoms with Gasteiger partial charge in [-0.2, -0.15) is 0 Å². The van der Waals surface area contributed by atoms with Gasteiger partial charge < -0.3 is 5.11 Å². The maximum atomic E-state index is 10.3. The number of aryl methyl sites for hydroxylation is 2. The zero-order valence-electron chi connectivity index (χ0n) is 10.2. The molecule has 1 N–H and O–H groups in total. The third-order valence-electron chi connectivity index (χ3n) is 3.03. The number of aliphatic hydroxyl groups excluding tert-OH is 1. The summed E-state index contributed by atoms with van der Waals surface area (Å²) in [6, 6.07) is 9.98. The summed E-state index contributed by atoms with van der Waals surface area (Å²) in [5.41, 5.74) is 4.38. The van der Waals surface area contributed by atoms with Gasteiger partial charge in [0.05, 0.1) is 6.10 Å². The second-order valence-electron chi connectivity index (χ2n) is 4.39. The van der Waals surface area contributed by atoms with Gasteiger partial charge in [-0.25, -0.2) is 0 Å². The largest absolute Gasteiger partial charge is 0.388 e. The monoisotopic (exact) mass is 227 g/mol. The van der Waals surface area contributed by atoms with E-state index in [1.807, 2.05) is 44.2 Å². The van der Waals surface area contributed by atoms with E-state index in [2.05, 4.69) is 4.98 Å². The molecule has 1 unspecified atom stereocenters. The van der Waals surface area contributed by atoms with Crippen LogP contribution in [0.3, 0.4) is 0 Å². The Kier molecular flexibility index (Phi) is 3.55. The molecule has 2 rings (SSSR count). The maximum Gasteiger partial charge on any atom is 0.0836 e. The van der Waals surface area contributed by atoms with Crippen LogP contribution in [0.1, 0.15) is 28.4 Å². The van der Waals surface area contributed by atoms with Crippen molar-refractivity contribution in [2.75, 3.05) is 0 Å². The van der Waals surface area contributed by atoms with E-state index in [0.29, 0.717) is 6.42 Å². The normalized spacial score (nSPS) is 12.4. The van der Waals surface area contributed by atoms with Gasteiger partial charge >= 0.3 is 0 Å². The van der Waals surface area contributed by atoms with Crippen molar-refractivity contribution in [2.45, 2.75) is 26.4 Å². The van der Waals surface area contributed by atoms with Crippen molar-refractivity contribution in [2.24, 2.45) is 0 Å². The number of aliphatic hydroxyl groups is 1. The summed E-state index contributed by atoms with van der Waals surface area (Å²) in [4.78, 5) is 4.07. The van der Waals surface area contributed by atoms with Gasteiger partial charge in [-0.3, -0.25) is 4.98 Å². The van der Waals surface area contributed by atoms with Crippen molar-refractivity contribution in [3.63, 3.8) is 0 Å². The Morgan fingerprint density at radius 2 is 1.82 bits per heavy atom. The molecule has 2 heteroatoms. The first kappa shape index (κ1) is 11.8. The number of aromatic nitrogens is 1. The highest BCUT2D eigenvalue weighted by Gasteiger charge is 2.13. The van der Waals surface area contributed by atoms with Crippen molar-refractivity contribution in [3.05, 3.63) is 65.0 Å². The molecular formula is C15H17NO. The average molecular weight is 227 g/mol. The minimum Gasteiger partial charge on any atom is -0.388 e. The van der Waals surface area contributed by atoms with Crippen LogP contribution in [-0.2, 0) is 6.42 Å². The predicted molar refractivity (Wildman–Crippen MR) is 68.8 cm³/mol. The molecule has 2 nitrogen and oxygen atoms in total. The molecule has 2 aromatic rings. The van der Waals surface area contributed by atoms with Gasteiger partial charge in [0.15, 0.2) is 0 Å². The molecule has 0 spiro atoms. The average Bonchev–Trinajstić information content (AvgIpc) is 2.30. The number of hydrogen-bond donors (Lipinski definition) is 1. The Morgan fingerprint density at radius 3 is 2.41 bits per heavy atom. The molecule has 1 atom stereocenters. The van der Waals surface area contributed by atoms with Gasteiger partial charge in [-0.15, -0.1) is 0 Å². The molecule has 0 amide bonds. The van der Waals surface area contributed by atoms with Gasteiger partial charge in [0, 0.05) is 18.8 Å². The summed E-state index contributed by atoms with van der Waals surface area (Å²) in [6.07, 6.45) is 3.70. The molecule has 0 radical (unpaired) electrons. The summed E-state index contributed by atoms with van der Waals surface area (Å²) in [5, 5.41) is 10.3. The predicted octanol–water partition coefficient (Wildman–Crippen LogP) is 2.97.